The third kappa shape index (κ3) is 3.12. The van der Waals surface area contributed by atoms with Crippen molar-refractivity contribution in [3.8, 4) is 0 Å². The lowest BCUT2D eigenvalue weighted by Crippen LogP contribution is -2.40. The van der Waals surface area contributed by atoms with E-state index in [1.165, 1.54) is 5.56 Å². The molecule has 0 amide bonds. The summed E-state index contributed by atoms with van der Waals surface area (Å²) in [5, 5.41) is 0. The zero-order valence-corrected chi connectivity index (χ0v) is 13.8. The van der Waals surface area contributed by atoms with Crippen molar-refractivity contribution in [3.05, 3.63) is 35.9 Å². The number of epoxide rings is 1. The van der Waals surface area contributed by atoms with Crippen LogP contribution in [0, 0.1) is 0 Å². The van der Waals surface area contributed by atoms with Crippen molar-refractivity contribution in [3.63, 3.8) is 0 Å². The number of hydrogen-bond donors (Lipinski definition) is 0. The summed E-state index contributed by atoms with van der Waals surface area (Å²) in [6.07, 6.45) is 1.56. The van der Waals surface area contributed by atoms with Crippen LogP contribution in [0.2, 0.25) is 19.6 Å². The van der Waals surface area contributed by atoms with Crippen LogP contribution in [0.1, 0.15) is 18.9 Å². The largest absolute Gasteiger partial charge is 0.464 e. The minimum atomic E-state index is -1.51. The van der Waals surface area contributed by atoms with Gasteiger partial charge in [-0.3, -0.25) is 0 Å². The van der Waals surface area contributed by atoms with Gasteiger partial charge in [0.1, 0.15) is 0 Å². The molecule has 0 N–H and O–H groups in total. The smallest absolute Gasteiger partial charge is 0.340 e. The van der Waals surface area contributed by atoms with Crippen molar-refractivity contribution < 1.29 is 14.3 Å². The second-order valence-electron chi connectivity index (χ2n) is 6.46. The maximum Gasteiger partial charge on any atom is 0.340 e. The number of carbonyl (C=O) groups is 1. The van der Waals surface area contributed by atoms with Gasteiger partial charge in [-0.25, -0.2) is 4.79 Å². The molecule has 1 aliphatic rings. The Bertz CT molecular complexity index is 466. The van der Waals surface area contributed by atoms with Crippen LogP contribution in [0.25, 0.3) is 0 Å². The topological polar surface area (TPSA) is 38.8 Å². The van der Waals surface area contributed by atoms with E-state index in [2.05, 4.69) is 31.8 Å². The second kappa shape index (κ2) is 5.70. The molecule has 0 saturated carbocycles. The van der Waals surface area contributed by atoms with Crippen molar-refractivity contribution in [2.75, 3.05) is 6.61 Å². The van der Waals surface area contributed by atoms with E-state index in [1.807, 2.05) is 25.1 Å². The Labute approximate surface area is 122 Å². The van der Waals surface area contributed by atoms with Crippen molar-refractivity contribution in [1.82, 2.24) is 0 Å². The quantitative estimate of drug-likeness (QED) is 0.459. The molecule has 1 heterocycles. The Kier molecular flexibility index (Phi) is 4.35. The molecule has 0 aliphatic carbocycles. The Morgan fingerprint density at radius 2 is 1.95 bits per heavy atom. The summed E-state index contributed by atoms with van der Waals surface area (Å²) < 4.78 is 11.1. The van der Waals surface area contributed by atoms with E-state index < -0.39 is 13.7 Å². The standard InChI is InChI=1S/C16H24O3Si/c1-5-18-14(17)16(15(19-16)20(2,3)4)12-11-13-9-7-6-8-10-13/h6-10,15H,5,11-12H2,1-4H3/t15-,16+/m1/s1. The molecule has 3 nitrogen and oxygen atoms in total. The average molecular weight is 292 g/mol. The molecule has 0 radical (unpaired) electrons. The summed E-state index contributed by atoms with van der Waals surface area (Å²) >= 11 is 0. The molecular weight excluding hydrogens is 268 g/mol. The van der Waals surface area contributed by atoms with Crippen LogP contribution in [0.15, 0.2) is 30.3 Å². The molecule has 0 spiro atoms. The van der Waals surface area contributed by atoms with E-state index in [0.29, 0.717) is 13.0 Å². The zero-order valence-electron chi connectivity index (χ0n) is 12.8. The molecule has 2 rings (SSSR count). The van der Waals surface area contributed by atoms with Crippen LogP contribution in [0.4, 0.5) is 0 Å². The van der Waals surface area contributed by atoms with Crippen LogP contribution in [0.3, 0.4) is 0 Å². The summed E-state index contributed by atoms with van der Waals surface area (Å²) in [7, 11) is -1.51. The molecule has 0 bridgehead atoms. The van der Waals surface area contributed by atoms with Crippen LogP contribution in [-0.2, 0) is 20.7 Å². The SMILES string of the molecule is CCOC(=O)[C@]1(CCc2ccccc2)O[C@@H]1[Si](C)(C)C. The first-order chi connectivity index (χ1) is 9.40. The molecule has 1 saturated heterocycles. The molecule has 0 aromatic heterocycles. The summed E-state index contributed by atoms with van der Waals surface area (Å²) in [5.74, 6) is -0.177. The maximum absolute atomic E-state index is 12.3. The number of rotatable bonds is 6. The fourth-order valence-corrected chi connectivity index (χ4v) is 4.95. The lowest BCUT2D eigenvalue weighted by molar-refractivity contribution is -0.149. The van der Waals surface area contributed by atoms with Crippen molar-refractivity contribution in [1.29, 1.82) is 0 Å². The van der Waals surface area contributed by atoms with Gasteiger partial charge in [0, 0.05) is 0 Å². The Hall–Kier alpha value is -1.13. The van der Waals surface area contributed by atoms with Crippen LogP contribution < -0.4 is 0 Å². The molecule has 1 fully saturated rings. The molecule has 1 aromatic carbocycles. The molecular formula is C16H24O3Si. The molecule has 1 aromatic rings. The van der Waals surface area contributed by atoms with E-state index in [1.54, 1.807) is 0 Å². The maximum atomic E-state index is 12.3. The molecule has 0 unspecified atom stereocenters. The van der Waals surface area contributed by atoms with Crippen LogP contribution in [-0.4, -0.2) is 32.0 Å². The molecule has 2 atom stereocenters. The van der Waals surface area contributed by atoms with Gasteiger partial charge in [0.2, 0.25) is 0 Å². The Morgan fingerprint density at radius 1 is 1.30 bits per heavy atom. The lowest BCUT2D eigenvalue weighted by Gasteiger charge is -2.17. The third-order valence-corrected chi connectivity index (χ3v) is 5.89. The van der Waals surface area contributed by atoms with Crippen molar-refractivity contribution in [2.24, 2.45) is 0 Å². The predicted octanol–water partition coefficient (Wildman–Crippen LogP) is 3.20. The van der Waals surface area contributed by atoms with Gasteiger partial charge in [0.25, 0.3) is 0 Å². The van der Waals surface area contributed by atoms with E-state index in [4.69, 9.17) is 9.47 Å². The number of hydrogen-bond acceptors (Lipinski definition) is 3. The fourth-order valence-electron chi connectivity index (χ4n) is 2.73. The predicted molar refractivity (Wildman–Crippen MR) is 82.3 cm³/mol. The van der Waals surface area contributed by atoms with Gasteiger partial charge in [-0.1, -0.05) is 50.0 Å². The number of ether oxygens (including phenoxy) is 2. The van der Waals surface area contributed by atoms with Crippen molar-refractivity contribution >= 4 is 14.0 Å². The van der Waals surface area contributed by atoms with Gasteiger partial charge in [-0.05, 0) is 25.3 Å². The average Bonchev–Trinajstić information content (AvgIpc) is 3.14. The summed E-state index contributed by atoms with van der Waals surface area (Å²) in [6, 6.07) is 10.2. The van der Waals surface area contributed by atoms with E-state index in [9.17, 15) is 4.79 Å². The number of aryl methyl sites for hydroxylation is 1. The molecule has 1 aliphatic heterocycles. The summed E-state index contributed by atoms with van der Waals surface area (Å²) in [4.78, 5) is 12.3. The van der Waals surface area contributed by atoms with Gasteiger partial charge in [0.05, 0.1) is 20.4 Å². The summed E-state index contributed by atoms with van der Waals surface area (Å²) in [6.45, 7) is 8.96. The molecule has 20 heavy (non-hydrogen) atoms. The number of esters is 1. The van der Waals surface area contributed by atoms with E-state index >= 15 is 0 Å². The second-order valence-corrected chi connectivity index (χ2v) is 11.7. The lowest BCUT2D eigenvalue weighted by atomic mass is 10.00. The first-order valence-electron chi connectivity index (χ1n) is 7.29. The minimum Gasteiger partial charge on any atom is -0.464 e. The molecule has 110 valence electrons. The van der Waals surface area contributed by atoms with E-state index in [0.717, 1.165) is 6.42 Å². The first-order valence-corrected chi connectivity index (χ1v) is 10.9. The highest BCUT2D eigenvalue weighted by molar-refractivity contribution is 6.78. The first kappa shape index (κ1) is 15.3. The van der Waals surface area contributed by atoms with Gasteiger partial charge >= 0.3 is 5.97 Å². The highest BCUT2D eigenvalue weighted by Gasteiger charge is 2.67. The van der Waals surface area contributed by atoms with Crippen LogP contribution >= 0.6 is 0 Å². The highest BCUT2D eigenvalue weighted by atomic mass is 28.3. The van der Waals surface area contributed by atoms with Crippen molar-refractivity contribution in [2.45, 2.75) is 50.7 Å². The third-order valence-electron chi connectivity index (χ3n) is 3.73. The Balaban J connectivity index is 2.08. The number of benzene rings is 1. The fraction of sp³-hybridized carbons (Fsp3) is 0.562. The highest BCUT2D eigenvalue weighted by Crippen LogP contribution is 2.46. The Morgan fingerprint density at radius 3 is 2.45 bits per heavy atom. The van der Waals surface area contributed by atoms with Gasteiger partial charge in [-0.2, -0.15) is 0 Å². The van der Waals surface area contributed by atoms with Gasteiger partial charge in [-0.15, -0.1) is 0 Å². The zero-order chi connectivity index (χ0) is 14.8. The monoisotopic (exact) mass is 292 g/mol. The number of carbonyl (C=O) groups excluding carboxylic acids is 1. The van der Waals surface area contributed by atoms with Gasteiger partial charge < -0.3 is 9.47 Å². The van der Waals surface area contributed by atoms with Gasteiger partial charge in [0.15, 0.2) is 5.60 Å². The minimum absolute atomic E-state index is 0.0813. The molecule has 4 heteroatoms. The normalized spacial score (nSPS) is 25.3. The van der Waals surface area contributed by atoms with Crippen LogP contribution in [0.5, 0.6) is 0 Å². The van der Waals surface area contributed by atoms with E-state index in [-0.39, 0.29) is 11.7 Å². The summed E-state index contributed by atoms with van der Waals surface area (Å²) in [5.41, 5.74) is 0.634.